The predicted molar refractivity (Wildman–Crippen MR) is 112 cm³/mol. The van der Waals surface area contributed by atoms with Crippen molar-refractivity contribution >= 4 is 11.8 Å². The lowest BCUT2D eigenvalue weighted by Crippen LogP contribution is -2.42. The van der Waals surface area contributed by atoms with Crippen molar-refractivity contribution in [3.63, 3.8) is 0 Å². The fraction of sp³-hybridized carbons (Fsp3) is 0.417. The van der Waals surface area contributed by atoms with E-state index in [1.54, 1.807) is 30.3 Å². The van der Waals surface area contributed by atoms with Crippen LogP contribution < -0.4 is 10.1 Å². The van der Waals surface area contributed by atoms with Crippen molar-refractivity contribution in [1.29, 1.82) is 0 Å². The molecule has 2 aromatic rings. The molecule has 1 aliphatic heterocycles. The number of ether oxygens (including phenoxy) is 1. The Kier molecular flexibility index (Phi) is 6.31. The number of carbonyl (C=O) groups excluding carboxylic acids is 2. The number of piperidine rings is 1. The third-order valence-corrected chi connectivity index (χ3v) is 5.69. The Morgan fingerprint density at radius 2 is 1.83 bits per heavy atom. The van der Waals surface area contributed by atoms with E-state index < -0.39 is 0 Å². The van der Waals surface area contributed by atoms with E-state index in [4.69, 9.17) is 4.74 Å². The van der Waals surface area contributed by atoms with Gasteiger partial charge in [0.05, 0.1) is 13.0 Å². The maximum atomic E-state index is 13.8. The highest BCUT2D eigenvalue weighted by Crippen LogP contribution is 2.22. The summed E-state index contributed by atoms with van der Waals surface area (Å²) < 4.78 is 19.7. The number of rotatable bonds is 7. The standard InChI is InChI=1S/C24H27FN2O3/c25-22-6-2-1-5-19(22)14-23(28)27-13-3-4-17(15-27)16-30-21-11-7-18(8-12-21)24(29)26-20-9-10-20/h1-2,5-8,11-12,17,20H,3-4,9-10,13-16H2,(H,26,29)/t17-/m1/s1. The molecule has 0 unspecified atom stereocenters. The maximum absolute atomic E-state index is 13.8. The van der Waals surface area contributed by atoms with Crippen LogP contribution >= 0.6 is 0 Å². The van der Waals surface area contributed by atoms with Crippen LogP contribution in [-0.4, -0.2) is 42.5 Å². The Hall–Kier alpha value is -2.89. The van der Waals surface area contributed by atoms with E-state index in [1.165, 1.54) is 6.07 Å². The summed E-state index contributed by atoms with van der Waals surface area (Å²) in [7, 11) is 0. The molecule has 1 atom stereocenters. The highest BCUT2D eigenvalue weighted by molar-refractivity contribution is 5.94. The van der Waals surface area contributed by atoms with Gasteiger partial charge in [-0.3, -0.25) is 9.59 Å². The number of hydrogen-bond acceptors (Lipinski definition) is 3. The summed E-state index contributed by atoms with van der Waals surface area (Å²) in [5.41, 5.74) is 1.07. The molecule has 0 aromatic heterocycles. The Morgan fingerprint density at radius 3 is 2.57 bits per heavy atom. The molecule has 30 heavy (non-hydrogen) atoms. The Balaban J connectivity index is 1.26. The van der Waals surface area contributed by atoms with Crippen LogP contribution in [0.25, 0.3) is 0 Å². The fourth-order valence-electron chi connectivity index (χ4n) is 3.76. The van der Waals surface area contributed by atoms with Gasteiger partial charge in [-0.15, -0.1) is 0 Å². The van der Waals surface area contributed by atoms with E-state index in [2.05, 4.69) is 5.32 Å². The first kappa shape index (κ1) is 20.4. The largest absolute Gasteiger partial charge is 0.493 e. The van der Waals surface area contributed by atoms with E-state index in [0.717, 1.165) is 25.7 Å². The number of hydrogen-bond donors (Lipinski definition) is 1. The highest BCUT2D eigenvalue weighted by atomic mass is 19.1. The van der Waals surface area contributed by atoms with Crippen molar-refractivity contribution in [1.82, 2.24) is 10.2 Å². The third kappa shape index (κ3) is 5.38. The molecule has 5 nitrogen and oxygen atoms in total. The Labute approximate surface area is 176 Å². The lowest BCUT2D eigenvalue weighted by atomic mass is 9.98. The first-order valence-electron chi connectivity index (χ1n) is 10.6. The van der Waals surface area contributed by atoms with Gasteiger partial charge in [0.2, 0.25) is 5.91 Å². The molecule has 2 aromatic carbocycles. The number of nitrogens with zero attached hydrogens (tertiary/aromatic N) is 1. The molecule has 1 saturated heterocycles. The number of likely N-dealkylation sites (tertiary alicyclic amines) is 1. The summed E-state index contributed by atoms with van der Waals surface area (Å²) in [5.74, 6) is 0.530. The van der Waals surface area contributed by atoms with Gasteiger partial charge >= 0.3 is 0 Å². The highest BCUT2D eigenvalue weighted by Gasteiger charge is 2.25. The van der Waals surface area contributed by atoms with Crippen LogP contribution in [0.15, 0.2) is 48.5 Å². The fourth-order valence-corrected chi connectivity index (χ4v) is 3.76. The minimum absolute atomic E-state index is 0.0414. The zero-order valence-corrected chi connectivity index (χ0v) is 17.0. The van der Waals surface area contributed by atoms with Crippen LogP contribution in [0.4, 0.5) is 4.39 Å². The molecule has 1 N–H and O–H groups in total. The summed E-state index contributed by atoms with van der Waals surface area (Å²) in [6.07, 6.45) is 4.12. The van der Waals surface area contributed by atoms with Gasteiger partial charge in [-0.2, -0.15) is 0 Å². The molecule has 2 aliphatic rings. The van der Waals surface area contributed by atoms with Gasteiger partial charge in [-0.05, 0) is 61.6 Å². The molecule has 0 bridgehead atoms. The number of carbonyl (C=O) groups is 2. The van der Waals surface area contributed by atoms with Gasteiger partial charge in [0.15, 0.2) is 0 Å². The number of amides is 2. The van der Waals surface area contributed by atoms with Crippen LogP contribution in [0.1, 0.15) is 41.6 Å². The van der Waals surface area contributed by atoms with Crippen LogP contribution in [0, 0.1) is 11.7 Å². The van der Waals surface area contributed by atoms with Crippen LogP contribution in [0.2, 0.25) is 0 Å². The van der Waals surface area contributed by atoms with E-state index in [-0.39, 0.29) is 30.0 Å². The summed E-state index contributed by atoms with van der Waals surface area (Å²) in [5, 5.41) is 2.97. The van der Waals surface area contributed by atoms with Crippen molar-refractivity contribution in [3.05, 3.63) is 65.5 Å². The lowest BCUT2D eigenvalue weighted by Gasteiger charge is -2.32. The molecule has 1 aliphatic carbocycles. The van der Waals surface area contributed by atoms with Crippen LogP contribution in [-0.2, 0) is 11.2 Å². The zero-order valence-electron chi connectivity index (χ0n) is 17.0. The van der Waals surface area contributed by atoms with Gasteiger partial charge in [0.25, 0.3) is 5.91 Å². The average Bonchev–Trinajstić information content (AvgIpc) is 3.58. The van der Waals surface area contributed by atoms with E-state index in [1.807, 2.05) is 17.0 Å². The summed E-state index contributed by atoms with van der Waals surface area (Å²) in [6, 6.07) is 13.9. The molecule has 1 heterocycles. The molecular formula is C24H27FN2O3. The quantitative estimate of drug-likeness (QED) is 0.759. The van der Waals surface area contributed by atoms with Gasteiger partial charge in [0, 0.05) is 30.6 Å². The van der Waals surface area contributed by atoms with Crippen molar-refractivity contribution < 1.29 is 18.7 Å². The van der Waals surface area contributed by atoms with Gasteiger partial charge < -0.3 is 15.0 Å². The molecule has 1 saturated carbocycles. The molecule has 0 radical (unpaired) electrons. The zero-order chi connectivity index (χ0) is 20.9. The molecule has 6 heteroatoms. The topological polar surface area (TPSA) is 58.6 Å². The average molecular weight is 410 g/mol. The monoisotopic (exact) mass is 410 g/mol. The maximum Gasteiger partial charge on any atom is 0.251 e. The minimum Gasteiger partial charge on any atom is -0.493 e. The molecule has 0 spiro atoms. The van der Waals surface area contributed by atoms with Gasteiger partial charge in [-0.1, -0.05) is 18.2 Å². The van der Waals surface area contributed by atoms with Crippen molar-refractivity contribution in [3.8, 4) is 5.75 Å². The first-order valence-corrected chi connectivity index (χ1v) is 10.6. The molecular weight excluding hydrogens is 383 g/mol. The van der Waals surface area contributed by atoms with Crippen LogP contribution in [0.3, 0.4) is 0 Å². The first-order chi connectivity index (χ1) is 14.6. The number of benzene rings is 2. The summed E-state index contributed by atoms with van der Waals surface area (Å²) >= 11 is 0. The van der Waals surface area contributed by atoms with Gasteiger partial charge in [-0.25, -0.2) is 4.39 Å². The van der Waals surface area contributed by atoms with E-state index in [9.17, 15) is 14.0 Å². The number of halogens is 1. The van der Waals surface area contributed by atoms with E-state index >= 15 is 0 Å². The van der Waals surface area contributed by atoms with Crippen LogP contribution in [0.5, 0.6) is 5.75 Å². The summed E-state index contributed by atoms with van der Waals surface area (Å²) in [6.45, 7) is 1.83. The Morgan fingerprint density at radius 1 is 1.07 bits per heavy atom. The lowest BCUT2D eigenvalue weighted by molar-refractivity contribution is -0.132. The number of nitrogens with one attached hydrogen (secondary N) is 1. The normalized spacial score (nSPS) is 18.7. The molecule has 2 amide bonds. The predicted octanol–water partition coefficient (Wildman–Crippen LogP) is 3.58. The SMILES string of the molecule is O=C(NC1CC1)c1ccc(OC[C@@H]2CCCN(C(=O)Cc3ccccc3F)C2)cc1. The second kappa shape index (κ2) is 9.28. The Bertz CT molecular complexity index is 896. The third-order valence-electron chi connectivity index (χ3n) is 5.69. The van der Waals surface area contributed by atoms with Gasteiger partial charge in [0.1, 0.15) is 11.6 Å². The van der Waals surface area contributed by atoms with Crippen molar-refractivity contribution in [2.45, 2.75) is 38.1 Å². The second-order valence-electron chi connectivity index (χ2n) is 8.20. The van der Waals surface area contributed by atoms with E-state index in [0.29, 0.717) is 42.6 Å². The molecule has 2 fully saturated rings. The smallest absolute Gasteiger partial charge is 0.251 e. The summed E-state index contributed by atoms with van der Waals surface area (Å²) in [4.78, 5) is 26.5. The second-order valence-corrected chi connectivity index (χ2v) is 8.20. The van der Waals surface area contributed by atoms with Crippen molar-refractivity contribution in [2.24, 2.45) is 5.92 Å². The minimum atomic E-state index is -0.336. The molecule has 4 rings (SSSR count). The van der Waals surface area contributed by atoms with Crippen molar-refractivity contribution in [2.75, 3.05) is 19.7 Å². The molecule has 158 valence electrons.